The molecule has 40 heavy (non-hydrogen) atoms. The number of aliphatic imine (C=N–C) groups is 1. The van der Waals surface area contributed by atoms with Crippen LogP contribution < -0.4 is 16.0 Å². The first-order chi connectivity index (χ1) is 19.2. The molecule has 2 atom stereocenters. The molecule has 3 aliphatic rings. The summed E-state index contributed by atoms with van der Waals surface area (Å²) in [6.07, 6.45) is -1.26. The van der Waals surface area contributed by atoms with E-state index in [1.54, 1.807) is 54.4 Å². The number of nitrogens with two attached hydrogens (primary N) is 1. The van der Waals surface area contributed by atoms with E-state index in [0.717, 1.165) is 24.0 Å². The van der Waals surface area contributed by atoms with E-state index in [9.17, 15) is 24.3 Å². The molecule has 3 aliphatic heterocycles. The van der Waals surface area contributed by atoms with E-state index in [0.29, 0.717) is 42.4 Å². The molecule has 4 N–H and O–H groups in total. The van der Waals surface area contributed by atoms with Gasteiger partial charge in [-0.3, -0.25) is 24.2 Å². The topological polar surface area (TPSA) is 158 Å². The van der Waals surface area contributed by atoms with Crippen LogP contribution in [0.5, 0.6) is 0 Å². The van der Waals surface area contributed by atoms with Gasteiger partial charge in [0.2, 0.25) is 5.91 Å². The van der Waals surface area contributed by atoms with Crippen molar-refractivity contribution < 1.29 is 29.0 Å². The SMILES string of the molecule is CN(CC(=O)N1CCCC1)C(=O)c1cccc(N2CCO[C@H]([C@@H](O)C(=O)Nc3ccc4c(c3)CN=C4N)C2=O)c1. The third kappa shape index (κ3) is 5.54. The molecule has 0 spiro atoms. The van der Waals surface area contributed by atoms with Crippen molar-refractivity contribution in [1.29, 1.82) is 0 Å². The number of aliphatic hydroxyl groups is 1. The van der Waals surface area contributed by atoms with E-state index < -0.39 is 24.0 Å². The quantitative estimate of drug-likeness (QED) is 0.450. The number of nitrogens with zero attached hydrogens (tertiary/aromatic N) is 4. The first kappa shape index (κ1) is 27.3. The first-order valence-corrected chi connectivity index (χ1v) is 13.2. The van der Waals surface area contributed by atoms with Gasteiger partial charge < -0.3 is 35.6 Å². The molecule has 0 bridgehead atoms. The summed E-state index contributed by atoms with van der Waals surface area (Å²) in [5, 5.41) is 13.4. The minimum atomic E-state index is -1.77. The Balaban J connectivity index is 1.23. The lowest BCUT2D eigenvalue weighted by molar-refractivity contribution is -0.150. The highest BCUT2D eigenvalue weighted by Crippen LogP contribution is 2.24. The summed E-state index contributed by atoms with van der Waals surface area (Å²) >= 11 is 0. The number of rotatable bonds is 7. The maximum atomic E-state index is 13.3. The highest BCUT2D eigenvalue weighted by Gasteiger charge is 2.39. The molecule has 2 fully saturated rings. The summed E-state index contributed by atoms with van der Waals surface area (Å²) in [4.78, 5) is 60.3. The fraction of sp³-hybridized carbons (Fsp3) is 0.393. The number of carbonyl (C=O) groups excluding carboxylic acids is 4. The Morgan fingerprint density at radius 1 is 1.18 bits per heavy atom. The van der Waals surface area contributed by atoms with Crippen LogP contribution in [0.15, 0.2) is 47.5 Å². The van der Waals surface area contributed by atoms with Crippen LogP contribution in [0.3, 0.4) is 0 Å². The number of morpholine rings is 1. The Labute approximate surface area is 231 Å². The molecule has 12 heteroatoms. The van der Waals surface area contributed by atoms with Crippen molar-refractivity contribution in [2.45, 2.75) is 31.6 Å². The summed E-state index contributed by atoms with van der Waals surface area (Å²) in [7, 11) is 1.57. The number of ether oxygens (including phenoxy) is 1. The van der Waals surface area contributed by atoms with Crippen molar-refractivity contribution in [2.75, 3.05) is 50.1 Å². The number of hydrogen-bond donors (Lipinski definition) is 3. The average molecular weight is 549 g/mol. The Morgan fingerprint density at radius 2 is 1.95 bits per heavy atom. The minimum absolute atomic E-state index is 0.0342. The molecule has 5 rings (SSSR count). The van der Waals surface area contributed by atoms with Crippen LogP contribution in [0.4, 0.5) is 11.4 Å². The molecule has 12 nitrogen and oxygen atoms in total. The molecule has 0 saturated carbocycles. The van der Waals surface area contributed by atoms with E-state index >= 15 is 0 Å². The van der Waals surface area contributed by atoms with E-state index in [-0.39, 0.29) is 31.5 Å². The number of fused-ring (bicyclic) bond motifs is 1. The predicted molar refractivity (Wildman–Crippen MR) is 147 cm³/mol. The molecule has 0 radical (unpaired) electrons. The summed E-state index contributed by atoms with van der Waals surface area (Å²) in [6, 6.07) is 11.6. The van der Waals surface area contributed by atoms with E-state index in [2.05, 4.69) is 10.3 Å². The number of amidine groups is 1. The number of amides is 4. The van der Waals surface area contributed by atoms with Gasteiger partial charge in [0.15, 0.2) is 12.2 Å². The number of anilines is 2. The van der Waals surface area contributed by atoms with Gasteiger partial charge in [0.05, 0.1) is 19.7 Å². The highest BCUT2D eigenvalue weighted by molar-refractivity contribution is 6.05. The van der Waals surface area contributed by atoms with E-state index in [1.165, 1.54) is 9.80 Å². The fourth-order valence-electron chi connectivity index (χ4n) is 5.12. The van der Waals surface area contributed by atoms with Gasteiger partial charge in [0.1, 0.15) is 5.84 Å². The summed E-state index contributed by atoms with van der Waals surface area (Å²) in [5.41, 5.74) is 8.64. The summed E-state index contributed by atoms with van der Waals surface area (Å²) in [5.74, 6) is -1.42. The number of likely N-dealkylation sites (N-methyl/N-ethyl adjacent to an activating group) is 1. The second-order valence-corrected chi connectivity index (χ2v) is 10.1. The maximum absolute atomic E-state index is 13.3. The van der Waals surface area contributed by atoms with Gasteiger partial charge in [0.25, 0.3) is 17.7 Å². The Kier molecular flexibility index (Phi) is 7.81. The first-order valence-electron chi connectivity index (χ1n) is 13.2. The maximum Gasteiger partial charge on any atom is 0.259 e. The van der Waals surface area contributed by atoms with Crippen molar-refractivity contribution in [3.8, 4) is 0 Å². The van der Waals surface area contributed by atoms with Crippen LogP contribution in [0.25, 0.3) is 0 Å². The second kappa shape index (κ2) is 11.4. The van der Waals surface area contributed by atoms with Crippen LogP contribution >= 0.6 is 0 Å². The number of carbonyl (C=O) groups is 4. The standard InChI is InChI=1S/C28H32N6O6/c1-32(16-22(35)33-9-2-3-10-33)27(38)17-5-4-6-20(14-17)34-11-12-40-24(28(34)39)23(36)26(37)31-19-7-8-21-18(13-19)15-30-25(21)29/h4-8,13-14,23-24,36H,2-3,9-12,15-16H2,1H3,(H2,29,30)(H,31,37)/t23-,24-/m1/s1. The third-order valence-electron chi connectivity index (χ3n) is 7.33. The summed E-state index contributed by atoms with van der Waals surface area (Å²) < 4.78 is 5.50. The molecular formula is C28H32N6O6. The molecule has 3 heterocycles. The zero-order chi connectivity index (χ0) is 28.4. The predicted octanol–water partition coefficient (Wildman–Crippen LogP) is 0.331. The van der Waals surface area contributed by atoms with E-state index in [4.69, 9.17) is 10.5 Å². The van der Waals surface area contributed by atoms with Crippen molar-refractivity contribution in [2.24, 2.45) is 10.7 Å². The van der Waals surface area contributed by atoms with Crippen molar-refractivity contribution in [1.82, 2.24) is 9.80 Å². The van der Waals surface area contributed by atoms with Gasteiger partial charge in [-0.2, -0.15) is 0 Å². The number of likely N-dealkylation sites (tertiary alicyclic amines) is 1. The smallest absolute Gasteiger partial charge is 0.259 e. The van der Waals surface area contributed by atoms with Gasteiger partial charge in [0, 0.05) is 49.2 Å². The molecule has 0 aliphatic carbocycles. The highest BCUT2D eigenvalue weighted by atomic mass is 16.5. The fourth-order valence-corrected chi connectivity index (χ4v) is 5.12. The third-order valence-corrected chi connectivity index (χ3v) is 7.33. The minimum Gasteiger partial charge on any atom is -0.383 e. The lowest BCUT2D eigenvalue weighted by atomic mass is 10.1. The Morgan fingerprint density at radius 3 is 2.73 bits per heavy atom. The molecule has 210 valence electrons. The Hall–Kier alpha value is -4.29. The van der Waals surface area contributed by atoms with Crippen molar-refractivity contribution in [3.05, 3.63) is 59.2 Å². The van der Waals surface area contributed by atoms with Crippen LogP contribution in [-0.4, -0.2) is 96.4 Å². The molecule has 2 saturated heterocycles. The van der Waals surface area contributed by atoms with Gasteiger partial charge in [-0.15, -0.1) is 0 Å². The molecule has 2 aromatic rings. The average Bonchev–Trinajstić information content (AvgIpc) is 3.63. The second-order valence-electron chi connectivity index (χ2n) is 10.1. The molecule has 4 amide bonds. The van der Waals surface area contributed by atoms with Gasteiger partial charge in [-0.25, -0.2) is 0 Å². The number of nitrogens with one attached hydrogen (secondary N) is 1. The molecule has 0 unspecified atom stereocenters. The van der Waals surface area contributed by atoms with Gasteiger partial charge in [-0.1, -0.05) is 6.07 Å². The largest absolute Gasteiger partial charge is 0.383 e. The molecular weight excluding hydrogens is 516 g/mol. The molecule has 0 aromatic heterocycles. The van der Waals surface area contributed by atoms with Crippen molar-refractivity contribution in [3.63, 3.8) is 0 Å². The van der Waals surface area contributed by atoms with Crippen LogP contribution in [0.1, 0.15) is 34.3 Å². The zero-order valence-corrected chi connectivity index (χ0v) is 22.2. The monoisotopic (exact) mass is 548 g/mol. The lowest BCUT2D eigenvalue weighted by Crippen LogP contribution is -2.55. The Bertz CT molecular complexity index is 1370. The van der Waals surface area contributed by atoms with Gasteiger partial charge >= 0.3 is 0 Å². The van der Waals surface area contributed by atoms with Crippen LogP contribution in [0, 0.1) is 0 Å². The lowest BCUT2D eigenvalue weighted by Gasteiger charge is -2.34. The van der Waals surface area contributed by atoms with E-state index in [1.807, 2.05) is 0 Å². The number of benzene rings is 2. The normalized spacial score (nSPS) is 19.2. The zero-order valence-electron chi connectivity index (χ0n) is 22.2. The van der Waals surface area contributed by atoms with Crippen molar-refractivity contribution >= 4 is 40.8 Å². The molecule has 2 aromatic carbocycles. The van der Waals surface area contributed by atoms with Crippen LogP contribution in [-0.2, 0) is 25.7 Å². The number of aliphatic hydroxyl groups excluding tert-OH is 1. The summed E-state index contributed by atoms with van der Waals surface area (Å²) in [6.45, 7) is 2.04. The van der Waals surface area contributed by atoms with Crippen LogP contribution in [0.2, 0.25) is 0 Å². The number of hydrogen-bond acceptors (Lipinski definition) is 8. The van der Waals surface area contributed by atoms with Gasteiger partial charge in [-0.05, 0) is 54.8 Å².